The molecule has 0 aromatic heterocycles. The molecule has 9 nitrogen and oxygen atoms in total. The molecule has 0 aliphatic heterocycles. The Labute approximate surface area is 187 Å². The van der Waals surface area contributed by atoms with Crippen LogP contribution in [0.4, 0.5) is 14.5 Å². The Kier molecular flexibility index (Phi) is 8.63. The zero-order valence-electron chi connectivity index (χ0n) is 16.5. The molecule has 0 unspecified atom stereocenters. The van der Waals surface area contributed by atoms with Crippen molar-refractivity contribution in [3.05, 3.63) is 59.1 Å². The summed E-state index contributed by atoms with van der Waals surface area (Å²) in [5.41, 5.74) is -0.0172. The second kappa shape index (κ2) is 11.0. The predicted molar refractivity (Wildman–Crippen MR) is 110 cm³/mol. The minimum absolute atomic E-state index is 0.0172. The molecule has 2 rings (SSSR count). The third kappa shape index (κ3) is 7.55. The number of nitrogens with one attached hydrogen (secondary N) is 3. The van der Waals surface area contributed by atoms with Crippen LogP contribution in [0.25, 0.3) is 0 Å². The van der Waals surface area contributed by atoms with Crippen LogP contribution in [-0.4, -0.2) is 45.4 Å². The van der Waals surface area contributed by atoms with Gasteiger partial charge in [0.15, 0.2) is 18.2 Å². The SMILES string of the molecule is C[C@H](NS(=O)(=O)c1ccc(Cl)cc1)C(=O)OCC(=O)NCC(=O)Nc1ccc(F)c(F)c1. The number of hydrogen-bond donors (Lipinski definition) is 3. The van der Waals surface area contributed by atoms with Crippen molar-refractivity contribution in [3.63, 3.8) is 0 Å². The first-order valence-electron chi connectivity index (χ1n) is 8.94. The van der Waals surface area contributed by atoms with Gasteiger partial charge in [0.2, 0.25) is 15.9 Å². The van der Waals surface area contributed by atoms with Crippen LogP contribution in [0.15, 0.2) is 47.4 Å². The van der Waals surface area contributed by atoms with Gasteiger partial charge < -0.3 is 15.4 Å². The molecular weight excluding hydrogens is 472 g/mol. The number of carbonyl (C=O) groups excluding carboxylic acids is 3. The molecule has 0 fully saturated rings. The highest BCUT2D eigenvalue weighted by atomic mass is 35.5. The third-order valence-electron chi connectivity index (χ3n) is 3.80. The Morgan fingerprint density at radius 1 is 1.03 bits per heavy atom. The molecule has 32 heavy (non-hydrogen) atoms. The van der Waals surface area contributed by atoms with Gasteiger partial charge in [0, 0.05) is 16.8 Å². The predicted octanol–water partition coefficient (Wildman–Crippen LogP) is 1.58. The van der Waals surface area contributed by atoms with Crippen LogP contribution in [0.5, 0.6) is 0 Å². The fraction of sp³-hybridized carbons (Fsp3) is 0.211. The molecule has 1 atom stereocenters. The highest BCUT2D eigenvalue weighted by molar-refractivity contribution is 7.89. The Hall–Kier alpha value is -3.09. The zero-order chi connectivity index (χ0) is 23.9. The number of carbonyl (C=O) groups is 3. The molecule has 3 N–H and O–H groups in total. The summed E-state index contributed by atoms with van der Waals surface area (Å²) in [6, 6.07) is 6.66. The van der Waals surface area contributed by atoms with Crippen LogP contribution in [0.3, 0.4) is 0 Å². The molecule has 0 bridgehead atoms. The average Bonchev–Trinajstić information content (AvgIpc) is 2.73. The van der Waals surface area contributed by atoms with E-state index in [1.807, 2.05) is 0 Å². The lowest BCUT2D eigenvalue weighted by Gasteiger charge is -2.14. The number of ether oxygens (including phenoxy) is 1. The van der Waals surface area contributed by atoms with Crippen molar-refractivity contribution in [2.24, 2.45) is 0 Å². The molecule has 0 radical (unpaired) electrons. The number of benzene rings is 2. The number of anilines is 1. The van der Waals surface area contributed by atoms with E-state index in [9.17, 15) is 31.6 Å². The van der Waals surface area contributed by atoms with E-state index in [-0.39, 0.29) is 10.6 Å². The Bertz CT molecular complexity index is 1110. The molecule has 0 aliphatic rings. The Morgan fingerprint density at radius 2 is 1.69 bits per heavy atom. The van der Waals surface area contributed by atoms with Gasteiger partial charge in [-0.15, -0.1) is 0 Å². The maximum Gasteiger partial charge on any atom is 0.324 e. The number of hydrogen-bond acceptors (Lipinski definition) is 6. The van der Waals surface area contributed by atoms with E-state index in [4.69, 9.17) is 16.3 Å². The quantitative estimate of drug-likeness (QED) is 0.458. The van der Waals surface area contributed by atoms with Gasteiger partial charge in [-0.1, -0.05) is 11.6 Å². The van der Waals surface area contributed by atoms with Gasteiger partial charge in [0.25, 0.3) is 5.91 Å². The van der Waals surface area contributed by atoms with Gasteiger partial charge in [0.05, 0.1) is 11.4 Å². The van der Waals surface area contributed by atoms with E-state index in [1.165, 1.54) is 31.2 Å². The first-order chi connectivity index (χ1) is 15.0. The van der Waals surface area contributed by atoms with E-state index >= 15 is 0 Å². The highest BCUT2D eigenvalue weighted by Crippen LogP contribution is 2.14. The van der Waals surface area contributed by atoms with Gasteiger partial charge >= 0.3 is 5.97 Å². The number of esters is 1. The fourth-order valence-electron chi connectivity index (χ4n) is 2.23. The standard InChI is InChI=1S/C19H18ClF2N3O6S/c1-11(25-32(29,30)14-5-2-12(20)3-6-14)19(28)31-10-18(27)23-9-17(26)24-13-4-7-15(21)16(22)8-13/h2-8,11,25H,9-10H2,1H3,(H,23,27)(H,24,26)/t11-/m0/s1. The zero-order valence-corrected chi connectivity index (χ0v) is 18.1. The molecule has 0 saturated carbocycles. The number of rotatable bonds is 9. The molecule has 2 amide bonds. The van der Waals surface area contributed by atoms with E-state index < -0.39 is 58.6 Å². The van der Waals surface area contributed by atoms with Crippen LogP contribution < -0.4 is 15.4 Å². The van der Waals surface area contributed by atoms with Crippen molar-refractivity contribution >= 4 is 45.1 Å². The summed E-state index contributed by atoms with van der Waals surface area (Å²) in [6.45, 7) is -0.0819. The summed E-state index contributed by atoms with van der Waals surface area (Å²) in [6.07, 6.45) is 0. The molecule has 0 spiro atoms. The first kappa shape index (κ1) is 25.2. The van der Waals surface area contributed by atoms with E-state index in [0.717, 1.165) is 18.2 Å². The van der Waals surface area contributed by atoms with Crippen molar-refractivity contribution in [3.8, 4) is 0 Å². The van der Waals surface area contributed by atoms with Crippen molar-refractivity contribution in [2.75, 3.05) is 18.5 Å². The minimum atomic E-state index is -4.03. The summed E-state index contributed by atoms with van der Waals surface area (Å²) >= 11 is 5.71. The molecule has 2 aromatic rings. The van der Waals surface area contributed by atoms with Crippen LogP contribution in [0.2, 0.25) is 5.02 Å². The van der Waals surface area contributed by atoms with Gasteiger partial charge in [-0.05, 0) is 43.3 Å². The lowest BCUT2D eigenvalue weighted by Crippen LogP contribution is -2.41. The largest absolute Gasteiger partial charge is 0.454 e. The van der Waals surface area contributed by atoms with Crippen molar-refractivity contribution in [1.82, 2.24) is 10.0 Å². The smallest absolute Gasteiger partial charge is 0.324 e. The summed E-state index contributed by atoms with van der Waals surface area (Å²) in [4.78, 5) is 35.3. The molecule has 0 heterocycles. The maximum absolute atomic E-state index is 13.1. The third-order valence-corrected chi connectivity index (χ3v) is 5.61. The van der Waals surface area contributed by atoms with E-state index in [2.05, 4.69) is 15.4 Å². The Morgan fingerprint density at radius 3 is 2.31 bits per heavy atom. The van der Waals surface area contributed by atoms with Crippen LogP contribution in [-0.2, 0) is 29.1 Å². The lowest BCUT2D eigenvalue weighted by atomic mass is 10.3. The van der Waals surface area contributed by atoms with Crippen LogP contribution >= 0.6 is 11.6 Å². The fourth-order valence-corrected chi connectivity index (χ4v) is 3.55. The molecule has 172 valence electrons. The van der Waals surface area contributed by atoms with Crippen molar-refractivity contribution < 1.29 is 36.3 Å². The average molecular weight is 490 g/mol. The second-order valence-corrected chi connectivity index (χ2v) is 8.51. The summed E-state index contributed by atoms with van der Waals surface area (Å²) in [7, 11) is -4.03. The van der Waals surface area contributed by atoms with E-state index in [1.54, 1.807) is 0 Å². The minimum Gasteiger partial charge on any atom is -0.454 e. The summed E-state index contributed by atoms with van der Waals surface area (Å²) in [5.74, 6) is -4.84. The lowest BCUT2D eigenvalue weighted by molar-refractivity contribution is -0.149. The number of halogens is 3. The maximum atomic E-state index is 13.1. The molecule has 0 aliphatic carbocycles. The summed E-state index contributed by atoms with van der Waals surface area (Å²) in [5, 5.41) is 4.73. The second-order valence-electron chi connectivity index (χ2n) is 6.36. The van der Waals surface area contributed by atoms with E-state index in [0.29, 0.717) is 5.02 Å². The summed E-state index contributed by atoms with van der Waals surface area (Å²) < 4.78 is 57.3. The molecule has 2 aromatic carbocycles. The van der Waals surface area contributed by atoms with Crippen LogP contribution in [0.1, 0.15) is 6.92 Å². The van der Waals surface area contributed by atoms with Gasteiger partial charge in [-0.2, -0.15) is 4.72 Å². The van der Waals surface area contributed by atoms with Crippen molar-refractivity contribution in [1.29, 1.82) is 0 Å². The highest BCUT2D eigenvalue weighted by Gasteiger charge is 2.23. The normalized spacial score (nSPS) is 12.0. The first-order valence-corrected chi connectivity index (χ1v) is 10.8. The monoisotopic (exact) mass is 489 g/mol. The Balaban J connectivity index is 1.76. The van der Waals surface area contributed by atoms with Gasteiger partial charge in [-0.25, -0.2) is 17.2 Å². The van der Waals surface area contributed by atoms with Crippen LogP contribution in [0, 0.1) is 11.6 Å². The number of amides is 2. The molecular formula is C19H18ClF2N3O6S. The topological polar surface area (TPSA) is 131 Å². The van der Waals surface area contributed by atoms with Gasteiger partial charge in [0.1, 0.15) is 6.04 Å². The molecule has 13 heteroatoms. The molecule has 0 saturated heterocycles. The number of sulfonamides is 1. The van der Waals surface area contributed by atoms with Gasteiger partial charge in [-0.3, -0.25) is 14.4 Å². The van der Waals surface area contributed by atoms with Crippen molar-refractivity contribution in [2.45, 2.75) is 17.9 Å².